The SMILES string of the molecule is CCN(C)CCC(C)C(C)OC(=N)/C(C)=C/NC(=O)N[C@H]1CON(CC)C1. The topological polar surface area (TPSA) is 89.9 Å². The van der Waals surface area contributed by atoms with E-state index in [2.05, 4.69) is 36.4 Å². The van der Waals surface area contributed by atoms with Crippen LogP contribution in [0, 0.1) is 11.3 Å². The molecule has 1 aliphatic heterocycles. The minimum Gasteiger partial charge on any atom is -0.475 e. The predicted octanol–water partition coefficient (Wildman–Crippen LogP) is 2.19. The molecule has 27 heavy (non-hydrogen) atoms. The molecule has 1 rings (SSSR count). The fourth-order valence-electron chi connectivity index (χ4n) is 2.53. The van der Waals surface area contributed by atoms with Gasteiger partial charge in [0.15, 0.2) is 0 Å². The number of ether oxygens (including phenoxy) is 1. The molecule has 0 aromatic rings. The summed E-state index contributed by atoms with van der Waals surface area (Å²) in [6.07, 6.45) is 2.46. The molecule has 0 bridgehead atoms. The lowest BCUT2D eigenvalue weighted by Gasteiger charge is -2.24. The van der Waals surface area contributed by atoms with Gasteiger partial charge in [-0.15, -0.1) is 0 Å². The molecular formula is C19H37N5O3. The number of hydrogen-bond donors (Lipinski definition) is 3. The van der Waals surface area contributed by atoms with Crippen molar-refractivity contribution in [3.63, 3.8) is 0 Å². The average Bonchev–Trinajstić information content (AvgIpc) is 3.10. The van der Waals surface area contributed by atoms with Crippen LogP contribution in [0.4, 0.5) is 4.79 Å². The second-order valence-corrected chi connectivity index (χ2v) is 7.23. The molecule has 0 aromatic carbocycles. The Hall–Kier alpha value is -1.64. The number of carbonyl (C=O) groups excluding carboxylic acids is 1. The molecule has 8 heteroatoms. The first kappa shape index (κ1) is 23.4. The largest absolute Gasteiger partial charge is 0.475 e. The van der Waals surface area contributed by atoms with E-state index >= 15 is 0 Å². The van der Waals surface area contributed by atoms with Crippen molar-refractivity contribution in [1.82, 2.24) is 20.6 Å². The van der Waals surface area contributed by atoms with Gasteiger partial charge >= 0.3 is 6.03 Å². The molecular weight excluding hydrogens is 346 g/mol. The minimum absolute atomic E-state index is 0.0310. The number of nitrogens with one attached hydrogen (secondary N) is 3. The molecule has 0 aliphatic carbocycles. The van der Waals surface area contributed by atoms with E-state index in [0.29, 0.717) is 24.6 Å². The second kappa shape index (κ2) is 11.9. The fourth-order valence-corrected chi connectivity index (χ4v) is 2.53. The number of likely N-dealkylation sites (N-methyl/N-ethyl adjacent to an activating group) is 1. The molecule has 156 valence electrons. The van der Waals surface area contributed by atoms with Gasteiger partial charge in [0.05, 0.1) is 12.6 Å². The van der Waals surface area contributed by atoms with Crippen molar-refractivity contribution in [3.8, 4) is 0 Å². The van der Waals surface area contributed by atoms with Gasteiger partial charge in [-0.1, -0.05) is 20.8 Å². The van der Waals surface area contributed by atoms with Gasteiger partial charge in [0.25, 0.3) is 0 Å². The van der Waals surface area contributed by atoms with Crippen LogP contribution in [-0.4, -0.2) is 73.9 Å². The molecule has 1 aliphatic rings. The Balaban J connectivity index is 2.35. The van der Waals surface area contributed by atoms with Gasteiger partial charge in [-0.05, 0) is 46.3 Å². The number of amides is 2. The molecule has 3 N–H and O–H groups in total. The second-order valence-electron chi connectivity index (χ2n) is 7.23. The highest BCUT2D eigenvalue weighted by Gasteiger charge is 2.23. The Morgan fingerprint density at radius 3 is 2.74 bits per heavy atom. The smallest absolute Gasteiger partial charge is 0.319 e. The van der Waals surface area contributed by atoms with Gasteiger partial charge in [-0.3, -0.25) is 10.2 Å². The number of rotatable bonds is 10. The third-order valence-electron chi connectivity index (χ3n) is 4.96. The summed E-state index contributed by atoms with van der Waals surface area (Å²) in [5.41, 5.74) is 0.577. The van der Waals surface area contributed by atoms with E-state index in [0.717, 1.165) is 26.1 Å². The van der Waals surface area contributed by atoms with E-state index in [1.807, 2.05) is 18.9 Å². The normalized spacial score (nSPS) is 20.4. The summed E-state index contributed by atoms with van der Waals surface area (Å²) in [5, 5.41) is 15.4. The Morgan fingerprint density at radius 1 is 1.44 bits per heavy atom. The van der Waals surface area contributed by atoms with Gasteiger partial charge in [0, 0.05) is 24.9 Å². The van der Waals surface area contributed by atoms with Crippen LogP contribution in [0.3, 0.4) is 0 Å². The molecule has 2 unspecified atom stereocenters. The number of hydroxylamine groups is 2. The Morgan fingerprint density at radius 2 is 2.15 bits per heavy atom. The first-order valence-corrected chi connectivity index (χ1v) is 9.82. The highest BCUT2D eigenvalue weighted by molar-refractivity contribution is 5.91. The van der Waals surface area contributed by atoms with Crippen LogP contribution in [0.15, 0.2) is 11.8 Å². The minimum atomic E-state index is -0.308. The molecule has 8 nitrogen and oxygen atoms in total. The first-order chi connectivity index (χ1) is 12.8. The monoisotopic (exact) mass is 383 g/mol. The molecule has 2 amide bonds. The Bertz CT molecular complexity index is 512. The molecule has 3 atom stereocenters. The van der Waals surface area contributed by atoms with Crippen molar-refractivity contribution < 1.29 is 14.4 Å². The van der Waals surface area contributed by atoms with Crippen LogP contribution in [0.1, 0.15) is 41.0 Å². The summed E-state index contributed by atoms with van der Waals surface area (Å²) >= 11 is 0. The summed E-state index contributed by atoms with van der Waals surface area (Å²) < 4.78 is 5.73. The van der Waals surface area contributed by atoms with Crippen molar-refractivity contribution in [1.29, 1.82) is 5.41 Å². The van der Waals surface area contributed by atoms with Gasteiger partial charge < -0.3 is 20.3 Å². The van der Waals surface area contributed by atoms with Crippen molar-refractivity contribution in [2.45, 2.75) is 53.2 Å². The number of urea groups is 1. The number of nitrogens with zero attached hydrogens (tertiary/aromatic N) is 2. The average molecular weight is 384 g/mol. The molecule has 0 aromatic heterocycles. The van der Waals surface area contributed by atoms with Gasteiger partial charge in [-0.2, -0.15) is 5.06 Å². The van der Waals surface area contributed by atoms with E-state index < -0.39 is 0 Å². The fraction of sp³-hybridized carbons (Fsp3) is 0.789. The van der Waals surface area contributed by atoms with Crippen molar-refractivity contribution in [3.05, 3.63) is 11.8 Å². The molecule has 0 spiro atoms. The lowest BCUT2D eigenvalue weighted by Crippen LogP contribution is -2.43. The maximum absolute atomic E-state index is 12.0. The first-order valence-electron chi connectivity index (χ1n) is 9.82. The number of hydrogen-bond acceptors (Lipinski definition) is 6. The van der Waals surface area contributed by atoms with Gasteiger partial charge in [-0.25, -0.2) is 4.79 Å². The summed E-state index contributed by atoms with van der Waals surface area (Å²) in [5.74, 6) is 0.423. The highest BCUT2D eigenvalue weighted by atomic mass is 16.7. The van der Waals surface area contributed by atoms with Crippen molar-refractivity contribution in [2.24, 2.45) is 5.92 Å². The van der Waals surface area contributed by atoms with Crippen molar-refractivity contribution >= 4 is 11.9 Å². The summed E-state index contributed by atoms with van der Waals surface area (Å²) in [6, 6.07) is -0.339. The molecule has 0 saturated carbocycles. The van der Waals surface area contributed by atoms with Crippen LogP contribution < -0.4 is 10.6 Å². The van der Waals surface area contributed by atoms with Crippen LogP contribution in [0.2, 0.25) is 0 Å². The van der Waals surface area contributed by atoms with Crippen LogP contribution in [-0.2, 0) is 9.57 Å². The van der Waals surface area contributed by atoms with Crippen LogP contribution in [0.5, 0.6) is 0 Å². The quantitative estimate of drug-likeness (QED) is 0.397. The maximum atomic E-state index is 12.0. The summed E-state index contributed by atoms with van der Waals surface area (Å²) in [4.78, 5) is 19.6. The highest BCUT2D eigenvalue weighted by Crippen LogP contribution is 2.14. The Kier molecular flexibility index (Phi) is 10.4. The van der Waals surface area contributed by atoms with Crippen LogP contribution in [0.25, 0.3) is 0 Å². The zero-order valence-corrected chi connectivity index (χ0v) is 17.7. The number of carbonyl (C=O) groups is 1. The summed E-state index contributed by atoms with van der Waals surface area (Å²) in [6.45, 7) is 14.0. The van der Waals surface area contributed by atoms with E-state index in [1.54, 1.807) is 6.92 Å². The Labute approximate surface area is 163 Å². The third-order valence-corrected chi connectivity index (χ3v) is 4.96. The zero-order chi connectivity index (χ0) is 20.4. The molecule has 0 radical (unpaired) electrons. The van der Waals surface area contributed by atoms with E-state index in [-0.39, 0.29) is 24.1 Å². The van der Waals surface area contributed by atoms with Crippen molar-refractivity contribution in [2.75, 3.05) is 39.8 Å². The standard InChI is InChI=1S/C19H37N5O3/c1-7-23(6)10-9-14(3)16(5)27-18(20)15(4)11-21-19(25)22-17-12-24(8-2)26-13-17/h11,14,16-17,20H,7-10,12-13H2,1-6H3,(H2,21,22,25)/b15-11+,20-18?/t14?,16?,17-/m1/s1. The lowest BCUT2D eigenvalue weighted by atomic mass is 10.0. The van der Waals surface area contributed by atoms with Gasteiger partial charge in [0.1, 0.15) is 6.10 Å². The van der Waals surface area contributed by atoms with Gasteiger partial charge in [0.2, 0.25) is 5.90 Å². The summed E-state index contributed by atoms with van der Waals surface area (Å²) in [7, 11) is 2.10. The third kappa shape index (κ3) is 8.73. The van der Waals surface area contributed by atoms with Crippen LogP contribution >= 0.6 is 0 Å². The zero-order valence-electron chi connectivity index (χ0n) is 17.7. The molecule has 1 saturated heterocycles. The molecule has 1 heterocycles. The lowest BCUT2D eigenvalue weighted by molar-refractivity contribution is -0.105. The van der Waals surface area contributed by atoms with E-state index in [9.17, 15) is 4.79 Å². The maximum Gasteiger partial charge on any atom is 0.319 e. The van der Waals surface area contributed by atoms with E-state index in [1.165, 1.54) is 6.20 Å². The predicted molar refractivity (Wildman–Crippen MR) is 108 cm³/mol. The molecule has 1 fully saturated rings. The van der Waals surface area contributed by atoms with E-state index in [4.69, 9.17) is 15.0 Å².